The molecule has 0 saturated heterocycles. The third-order valence-corrected chi connectivity index (χ3v) is 5.11. The second kappa shape index (κ2) is 10.1. The molecule has 170 valence electrons. The van der Waals surface area contributed by atoms with Gasteiger partial charge in [0.15, 0.2) is 0 Å². The van der Waals surface area contributed by atoms with Gasteiger partial charge in [0.25, 0.3) is 0 Å². The molecule has 0 aromatic heterocycles. The van der Waals surface area contributed by atoms with Gasteiger partial charge in [-0.05, 0) is 64.3 Å². The molecular formula is C25H30ClN3O3. The highest BCUT2D eigenvalue weighted by Gasteiger charge is 2.25. The fourth-order valence-corrected chi connectivity index (χ4v) is 3.79. The molecule has 6 nitrogen and oxygen atoms in total. The van der Waals surface area contributed by atoms with Crippen LogP contribution < -0.4 is 10.6 Å². The minimum atomic E-state index is -0.675. The number of hydrogen-bond donors (Lipinski definition) is 3. The first-order valence-electron chi connectivity index (χ1n) is 10.4. The number of benzene rings is 2. The van der Waals surface area contributed by atoms with Crippen LogP contribution >= 0.6 is 11.6 Å². The zero-order valence-electron chi connectivity index (χ0n) is 19.2. The van der Waals surface area contributed by atoms with Crippen molar-refractivity contribution in [2.75, 3.05) is 0 Å². The molecular weight excluding hydrogens is 426 g/mol. The van der Waals surface area contributed by atoms with Crippen molar-refractivity contribution >= 4 is 23.4 Å². The Labute approximate surface area is 194 Å². The predicted octanol–water partition coefficient (Wildman–Crippen LogP) is 4.05. The van der Waals surface area contributed by atoms with Crippen LogP contribution in [0, 0.1) is 11.3 Å². The summed E-state index contributed by atoms with van der Waals surface area (Å²) in [5, 5.41) is 25.9. The summed E-state index contributed by atoms with van der Waals surface area (Å²) < 4.78 is 0. The smallest absolute Gasteiger partial charge is 0.225 e. The summed E-state index contributed by atoms with van der Waals surface area (Å²) in [4.78, 5) is 25.0. The Morgan fingerprint density at radius 3 is 2.16 bits per heavy atom. The molecule has 0 atom stereocenters. The van der Waals surface area contributed by atoms with Crippen LogP contribution in [0.3, 0.4) is 0 Å². The number of hydrogen-bond acceptors (Lipinski definition) is 4. The van der Waals surface area contributed by atoms with Gasteiger partial charge in [-0.25, -0.2) is 0 Å². The first-order chi connectivity index (χ1) is 14.8. The van der Waals surface area contributed by atoms with Crippen molar-refractivity contribution in [3.05, 3.63) is 63.7 Å². The lowest BCUT2D eigenvalue weighted by Crippen LogP contribution is -2.46. The number of nitrogens with zero attached hydrogens (tertiary/aromatic N) is 1. The number of nitrogens with one attached hydrogen (secondary N) is 2. The van der Waals surface area contributed by atoms with Gasteiger partial charge in [0.2, 0.25) is 11.8 Å². The molecule has 0 bridgehead atoms. The quantitative estimate of drug-likeness (QED) is 0.585. The topological polar surface area (TPSA) is 102 Å². The van der Waals surface area contributed by atoms with Gasteiger partial charge in [0, 0.05) is 21.7 Å². The minimum Gasteiger partial charge on any atom is -0.508 e. The second-order valence-electron chi connectivity index (χ2n) is 9.56. The number of carbonyl (C=O) groups excluding carboxylic acids is 2. The number of phenolic OH excluding ortho intramolecular Hbond substituents is 1. The number of rotatable bonds is 7. The van der Waals surface area contributed by atoms with E-state index in [4.69, 9.17) is 11.6 Å². The van der Waals surface area contributed by atoms with Crippen LogP contribution in [-0.4, -0.2) is 28.0 Å². The highest BCUT2D eigenvalue weighted by atomic mass is 35.5. The number of halogens is 1. The van der Waals surface area contributed by atoms with Crippen LogP contribution in [0.1, 0.15) is 56.9 Å². The van der Waals surface area contributed by atoms with E-state index in [0.717, 1.165) is 5.56 Å². The lowest BCUT2D eigenvalue weighted by atomic mass is 9.89. The molecule has 0 unspecified atom stereocenters. The first-order valence-corrected chi connectivity index (χ1v) is 10.8. The zero-order valence-corrected chi connectivity index (χ0v) is 19.9. The van der Waals surface area contributed by atoms with Crippen LogP contribution in [-0.2, 0) is 28.9 Å². The molecule has 0 radical (unpaired) electrons. The van der Waals surface area contributed by atoms with E-state index in [2.05, 4.69) is 16.7 Å². The van der Waals surface area contributed by atoms with Crippen LogP contribution in [0.4, 0.5) is 0 Å². The molecule has 2 amide bonds. The Morgan fingerprint density at radius 1 is 0.969 bits per heavy atom. The van der Waals surface area contributed by atoms with E-state index in [9.17, 15) is 20.0 Å². The summed E-state index contributed by atoms with van der Waals surface area (Å²) in [6.45, 7) is 9.43. The number of phenols is 1. The fourth-order valence-electron chi connectivity index (χ4n) is 3.55. The van der Waals surface area contributed by atoms with Gasteiger partial charge in [-0.3, -0.25) is 9.59 Å². The van der Waals surface area contributed by atoms with E-state index < -0.39 is 5.54 Å². The molecule has 0 aliphatic carbocycles. The van der Waals surface area contributed by atoms with Gasteiger partial charge in [-0.15, -0.1) is 0 Å². The molecule has 3 N–H and O–H groups in total. The van der Waals surface area contributed by atoms with Crippen LogP contribution in [0.2, 0.25) is 5.02 Å². The van der Waals surface area contributed by atoms with E-state index in [1.165, 1.54) is 6.07 Å². The summed E-state index contributed by atoms with van der Waals surface area (Å²) in [5.41, 5.74) is 1.18. The van der Waals surface area contributed by atoms with Crippen molar-refractivity contribution < 1.29 is 14.7 Å². The Balaban J connectivity index is 2.15. The number of aromatic hydroxyl groups is 1. The average Bonchev–Trinajstić information content (AvgIpc) is 2.62. The maximum atomic E-state index is 12.6. The normalized spacial score (nSPS) is 11.5. The van der Waals surface area contributed by atoms with E-state index in [1.54, 1.807) is 18.2 Å². The van der Waals surface area contributed by atoms with Gasteiger partial charge < -0.3 is 15.7 Å². The first kappa shape index (κ1) is 25.2. The van der Waals surface area contributed by atoms with Gasteiger partial charge in [0.05, 0.1) is 24.5 Å². The molecule has 0 spiro atoms. The fraction of sp³-hybridized carbons (Fsp3) is 0.400. The van der Waals surface area contributed by atoms with Crippen LogP contribution in [0.5, 0.6) is 5.75 Å². The van der Waals surface area contributed by atoms with Gasteiger partial charge in [-0.2, -0.15) is 5.26 Å². The number of nitriles is 1. The molecule has 32 heavy (non-hydrogen) atoms. The van der Waals surface area contributed by atoms with Crippen molar-refractivity contribution in [2.24, 2.45) is 0 Å². The van der Waals surface area contributed by atoms with E-state index in [0.29, 0.717) is 28.1 Å². The van der Waals surface area contributed by atoms with Crippen molar-refractivity contribution in [2.45, 2.75) is 65.0 Å². The molecule has 2 rings (SSSR count). The van der Waals surface area contributed by atoms with Crippen LogP contribution in [0.25, 0.3) is 0 Å². The third-order valence-electron chi connectivity index (χ3n) is 4.76. The summed E-state index contributed by atoms with van der Waals surface area (Å²) in [7, 11) is 0. The Hall–Kier alpha value is -3.04. The highest BCUT2D eigenvalue weighted by molar-refractivity contribution is 6.31. The lowest BCUT2D eigenvalue weighted by Gasteiger charge is -2.27. The average molecular weight is 456 g/mol. The number of amides is 2. The van der Waals surface area contributed by atoms with Crippen molar-refractivity contribution in [3.8, 4) is 11.8 Å². The molecule has 2 aromatic rings. The molecule has 2 aromatic carbocycles. The maximum Gasteiger partial charge on any atom is 0.225 e. The van der Waals surface area contributed by atoms with Crippen molar-refractivity contribution in [3.63, 3.8) is 0 Å². The zero-order chi connectivity index (χ0) is 24.1. The summed E-state index contributed by atoms with van der Waals surface area (Å²) in [6, 6.07) is 12.4. The summed E-state index contributed by atoms with van der Waals surface area (Å²) in [6.07, 6.45) is 0.435. The van der Waals surface area contributed by atoms with E-state index >= 15 is 0 Å². The van der Waals surface area contributed by atoms with Crippen molar-refractivity contribution in [1.82, 2.24) is 10.6 Å². The van der Waals surface area contributed by atoms with Crippen molar-refractivity contribution in [1.29, 1.82) is 5.26 Å². The van der Waals surface area contributed by atoms with E-state index in [1.807, 2.05) is 46.8 Å². The second-order valence-corrected chi connectivity index (χ2v) is 9.97. The lowest BCUT2D eigenvalue weighted by molar-refractivity contribution is -0.122. The molecule has 0 aliphatic heterocycles. The number of carbonyl (C=O) groups is 2. The highest BCUT2D eigenvalue weighted by Crippen LogP contribution is 2.26. The van der Waals surface area contributed by atoms with Gasteiger partial charge in [0.1, 0.15) is 5.75 Å². The molecule has 0 saturated carbocycles. The standard InChI is InChI=1S/C25H30ClN3O3/c1-24(2,3)28-22(31)12-16-8-6-9-17(19(16)15-27)14-25(4,5)29-23(32)13-18-20(26)10-7-11-21(18)30/h6-11,30H,12-14H2,1-5H3,(H,28,31)(H,29,32). The molecule has 0 fully saturated rings. The van der Waals surface area contributed by atoms with Gasteiger partial charge >= 0.3 is 0 Å². The Bertz CT molecular complexity index is 1030. The monoisotopic (exact) mass is 455 g/mol. The SMILES string of the molecule is CC(C)(C)NC(=O)Cc1cccc(CC(C)(C)NC(=O)Cc2c(O)cccc2Cl)c1C#N. The summed E-state index contributed by atoms with van der Waals surface area (Å²) >= 11 is 6.10. The molecule has 7 heteroatoms. The Kier molecular flexibility index (Phi) is 7.92. The maximum absolute atomic E-state index is 12.6. The Morgan fingerprint density at radius 2 is 1.56 bits per heavy atom. The van der Waals surface area contributed by atoms with Gasteiger partial charge in [-0.1, -0.05) is 35.9 Å². The predicted molar refractivity (Wildman–Crippen MR) is 126 cm³/mol. The van der Waals surface area contributed by atoms with E-state index in [-0.39, 0.29) is 35.9 Å². The largest absolute Gasteiger partial charge is 0.508 e. The molecule has 0 heterocycles. The summed E-state index contributed by atoms with van der Waals surface area (Å²) in [5.74, 6) is -0.477. The molecule has 0 aliphatic rings. The third kappa shape index (κ3) is 7.28. The van der Waals surface area contributed by atoms with Crippen LogP contribution in [0.15, 0.2) is 36.4 Å². The minimum absolute atomic E-state index is 0.0292.